The molecular weight excluding hydrogens is 359 g/mol. The zero-order valence-corrected chi connectivity index (χ0v) is 15.1. The lowest BCUT2D eigenvalue weighted by atomic mass is 10.1. The van der Waals surface area contributed by atoms with Gasteiger partial charge in [-0.25, -0.2) is 9.18 Å². The molecule has 1 heterocycles. The molecule has 3 aromatic rings. The van der Waals surface area contributed by atoms with Crippen molar-refractivity contribution in [3.05, 3.63) is 83.4 Å². The van der Waals surface area contributed by atoms with Crippen LogP contribution in [0.5, 0.6) is 0 Å². The fraction of sp³-hybridized carbons (Fsp3) is 0.182. The van der Waals surface area contributed by atoms with Crippen LogP contribution in [0.1, 0.15) is 28.8 Å². The summed E-state index contributed by atoms with van der Waals surface area (Å²) in [6, 6.07) is 13.8. The molecule has 1 saturated carbocycles. The number of fused-ring (bicyclic) bond motifs is 1. The predicted octanol–water partition coefficient (Wildman–Crippen LogP) is 3.73. The maximum atomic E-state index is 13.2. The SMILES string of the molecule is O=C(O)/C(=C/C(=O)c1cn(Cc2ccc(F)cc2)c2ccccc12)NC1CC1. The van der Waals surface area contributed by atoms with Gasteiger partial charge < -0.3 is 15.0 Å². The van der Waals surface area contributed by atoms with Crippen LogP contribution < -0.4 is 5.32 Å². The molecule has 0 amide bonds. The van der Waals surface area contributed by atoms with E-state index in [1.165, 1.54) is 12.1 Å². The Morgan fingerprint density at radius 3 is 2.54 bits per heavy atom. The van der Waals surface area contributed by atoms with Crippen LogP contribution in [-0.4, -0.2) is 27.5 Å². The topological polar surface area (TPSA) is 71.3 Å². The molecule has 4 rings (SSSR count). The number of benzene rings is 2. The number of aliphatic carboxylic acids is 1. The molecule has 1 aromatic heterocycles. The molecule has 142 valence electrons. The quantitative estimate of drug-likeness (QED) is 0.485. The molecule has 0 atom stereocenters. The number of nitrogens with one attached hydrogen (secondary N) is 1. The van der Waals surface area contributed by atoms with Gasteiger partial charge in [-0.3, -0.25) is 4.79 Å². The number of nitrogens with zero attached hydrogens (tertiary/aromatic N) is 1. The average Bonchev–Trinajstić information content (AvgIpc) is 3.43. The molecule has 28 heavy (non-hydrogen) atoms. The lowest BCUT2D eigenvalue weighted by Crippen LogP contribution is -2.23. The van der Waals surface area contributed by atoms with Crippen LogP contribution in [0.15, 0.2) is 66.5 Å². The van der Waals surface area contributed by atoms with Crippen LogP contribution in [0.25, 0.3) is 10.9 Å². The third-order valence-electron chi connectivity index (χ3n) is 4.76. The highest BCUT2D eigenvalue weighted by Crippen LogP contribution is 2.24. The molecule has 0 spiro atoms. The second kappa shape index (κ2) is 7.31. The monoisotopic (exact) mass is 378 g/mol. The summed E-state index contributed by atoms with van der Waals surface area (Å²) in [7, 11) is 0. The lowest BCUT2D eigenvalue weighted by Gasteiger charge is -2.05. The Kier molecular flexibility index (Phi) is 4.69. The van der Waals surface area contributed by atoms with Crippen molar-refractivity contribution >= 4 is 22.7 Å². The highest BCUT2D eigenvalue weighted by atomic mass is 19.1. The first kappa shape index (κ1) is 18.0. The number of aromatic nitrogens is 1. The van der Waals surface area contributed by atoms with Crippen LogP contribution in [0.4, 0.5) is 4.39 Å². The van der Waals surface area contributed by atoms with Crippen molar-refractivity contribution in [2.75, 3.05) is 0 Å². The number of ketones is 1. The van der Waals surface area contributed by atoms with Crippen molar-refractivity contribution in [2.45, 2.75) is 25.4 Å². The molecule has 1 fully saturated rings. The van der Waals surface area contributed by atoms with Crippen LogP contribution in [0, 0.1) is 5.82 Å². The fourth-order valence-electron chi connectivity index (χ4n) is 3.18. The predicted molar refractivity (Wildman–Crippen MR) is 104 cm³/mol. The lowest BCUT2D eigenvalue weighted by molar-refractivity contribution is -0.133. The number of carbonyl (C=O) groups is 2. The van der Waals surface area contributed by atoms with Gasteiger partial charge in [0.1, 0.15) is 11.5 Å². The normalized spacial score (nSPS) is 14.2. The first-order valence-electron chi connectivity index (χ1n) is 9.09. The average molecular weight is 378 g/mol. The summed E-state index contributed by atoms with van der Waals surface area (Å²) in [5.74, 6) is -1.80. The molecule has 1 aliphatic rings. The molecule has 2 aromatic carbocycles. The Bertz CT molecular complexity index is 1080. The Labute approximate surface area is 161 Å². The molecule has 5 nitrogen and oxygen atoms in total. The van der Waals surface area contributed by atoms with Gasteiger partial charge in [0.25, 0.3) is 0 Å². The maximum absolute atomic E-state index is 13.2. The minimum atomic E-state index is -1.14. The number of carbonyl (C=O) groups excluding carboxylic acids is 1. The van der Waals surface area contributed by atoms with Crippen molar-refractivity contribution in [1.82, 2.24) is 9.88 Å². The smallest absolute Gasteiger partial charge is 0.352 e. The van der Waals surface area contributed by atoms with Crippen LogP contribution in [-0.2, 0) is 11.3 Å². The minimum Gasteiger partial charge on any atom is -0.477 e. The fourth-order valence-corrected chi connectivity index (χ4v) is 3.18. The van der Waals surface area contributed by atoms with E-state index in [1.54, 1.807) is 18.3 Å². The first-order valence-corrected chi connectivity index (χ1v) is 9.09. The van der Waals surface area contributed by atoms with Crippen molar-refractivity contribution in [1.29, 1.82) is 0 Å². The minimum absolute atomic E-state index is 0.0807. The number of carboxylic acids is 1. The summed E-state index contributed by atoms with van der Waals surface area (Å²) < 4.78 is 15.1. The van der Waals surface area contributed by atoms with Crippen molar-refractivity contribution in [3.8, 4) is 0 Å². The number of hydrogen-bond acceptors (Lipinski definition) is 3. The summed E-state index contributed by atoms with van der Waals surface area (Å²) in [4.78, 5) is 24.3. The van der Waals surface area contributed by atoms with Crippen molar-refractivity contribution < 1.29 is 19.1 Å². The second-order valence-corrected chi connectivity index (χ2v) is 6.96. The van der Waals surface area contributed by atoms with Gasteiger partial charge in [-0.15, -0.1) is 0 Å². The van der Waals surface area contributed by atoms with Gasteiger partial charge in [-0.2, -0.15) is 0 Å². The van der Waals surface area contributed by atoms with E-state index in [9.17, 15) is 19.1 Å². The standard InChI is InChI=1S/C22H19FN2O3/c23-15-7-5-14(6-8-15)12-25-13-18(17-3-1-2-4-20(17)25)21(26)11-19(22(27)28)24-16-9-10-16/h1-8,11,13,16,24H,9-10,12H2,(H,27,28)/b19-11-. The summed E-state index contributed by atoms with van der Waals surface area (Å²) in [6.07, 6.45) is 4.71. The largest absolute Gasteiger partial charge is 0.477 e. The summed E-state index contributed by atoms with van der Waals surface area (Å²) in [6.45, 7) is 0.476. The zero-order chi connectivity index (χ0) is 19.7. The van der Waals surface area contributed by atoms with Gasteiger partial charge in [0.15, 0.2) is 5.78 Å². The van der Waals surface area contributed by atoms with E-state index in [1.807, 2.05) is 28.8 Å². The Hall–Kier alpha value is -3.41. The van der Waals surface area contributed by atoms with E-state index < -0.39 is 5.97 Å². The van der Waals surface area contributed by atoms with Crippen molar-refractivity contribution in [3.63, 3.8) is 0 Å². The molecule has 0 radical (unpaired) electrons. The number of halogens is 1. The Morgan fingerprint density at radius 2 is 1.86 bits per heavy atom. The molecule has 0 saturated heterocycles. The molecule has 2 N–H and O–H groups in total. The number of rotatable bonds is 7. The van der Waals surface area contributed by atoms with Crippen LogP contribution in [0.2, 0.25) is 0 Å². The van der Waals surface area contributed by atoms with Gasteiger partial charge in [-0.1, -0.05) is 30.3 Å². The van der Waals surface area contributed by atoms with Gasteiger partial charge in [0.2, 0.25) is 0 Å². The van der Waals surface area contributed by atoms with Gasteiger partial charge in [-0.05, 0) is 36.6 Å². The van der Waals surface area contributed by atoms with E-state index in [4.69, 9.17) is 0 Å². The number of allylic oxidation sites excluding steroid dienone is 1. The van der Waals surface area contributed by atoms with Crippen LogP contribution in [0.3, 0.4) is 0 Å². The van der Waals surface area contributed by atoms with E-state index in [2.05, 4.69) is 5.32 Å². The Balaban J connectivity index is 1.69. The first-order chi connectivity index (χ1) is 13.5. The molecule has 0 bridgehead atoms. The highest BCUT2D eigenvalue weighted by molar-refractivity contribution is 6.15. The third kappa shape index (κ3) is 3.81. The zero-order valence-electron chi connectivity index (χ0n) is 15.1. The maximum Gasteiger partial charge on any atom is 0.352 e. The van der Waals surface area contributed by atoms with E-state index in [0.717, 1.165) is 35.4 Å². The number of para-hydroxylation sites is 1. The Morgan fingerprint density at radius 1 is 1.14 bits per heavy atom. The molecule has 0 aliphatic heterocycles. The van der Waals surface area contributed by atoms with E-state index in [0.29, 0.717) is 12.1 Å². The number of carboxylic acid groups (broad SMARTS) is 1. The van der Waals surface area contributed by atoms with E-state index in [-0.39, 0.29) is 23.3 Å². The van der Waals surface area contributed by atoms with Crippen LogP contribution >= 0.6 is 0 Å². The van der Waals surface area contributed by atoms with Gasteiger partial charge in [0, 0.05) is 41.3 Å². The van der Waals surface area contributed by atoms with Gasteiger partial charge in [0.05, 0.1) is 0 Å². The summed E-state index contributed by atoms with van der Waals surface area (Å²) in [5, 5.41) is 13.0. The highest BCUT2D eigenvalue weighted by Gasteiger charge is 2.25. The summed E-state index contributed by atoms with van der Waals surface area (Å²) in [5.41, 5.74) is 2.12. The van der Waals surface area contributed by atoms with E-state index >= 15 is 0 Å². The van der Waals surface area contributed by atoms with Crippen molar-refractivity contribution in [2.24, 2.45) is 0 Å². The number of hydrogen-bond donors (Lipinski definition) is 2. The summed E-state index contributed by atoms with van der Waals surface area (Å²) >= 11 is 0. The molecule has 1 aliphatic carbocycles. The molecular formula is C22H19FN2O3. The molecule has 0 unspecified atom stereocenters. The molecule has 6 heteroatoms. The van der Waals surface area contributed by atoms with Gasteiger partial charge >= 0.3 is 5.97 Å². The second-order valence-electron chi connectivity index (χ2n) is 6.96. The third-order valence-corrected chi connectivity index (χ3v) is 4.76.